The number of sulfonamides is 1. The molecule has 138 valence electrons. The molecule has 0 radical (unpaired) electrons. The third-order valence-corrected chi connectivity index (χ3v) is 5.93. The molecule has 2 heterocycles. The number of hydrogen-bond donors (Lipinski definition) is 2. The molecule has 24 heavy (non-hydrogen) atoms. The van der Waals surface area contributed by atoms with Gasteiger partial charge in [0.15, 0.2) is 5.76 Å². The number of aromatic nitrogens is 1. The molecule has 0 saturated carbocycles. The average molecular weight is 381 g/mol. The van der Waals surface area contributed by atoms with E-state index in [4.69, 9.17) is 4.52 Å². The molecule has 8 nitrogen and oxygen atoms in total. The second-order valence-corrected chi connectivity index (χ2v) is 7.58. The van der Waals surface area contributed by atoms with Crippen molar-refractivity contribution in [2.45, 2.75) is 50.6 Å². The molecule has 1 aliphatic heterocycles. The Hall–Kier alpha value is -1.16. The first kappa shape index (κ1) is 20.9. The van der Waals surface area contributed by atoms with Crippen molar-refractivity contribution >= 4 is 28.3 Å². The van der Waals surface area contributed by atoms with Crippen molar-refractivity contribution in [2.75, 3.05) is 20.1 Å². The average Bonchev–Trinajstić information content (AvgIpc) is 2.85. The summed E-state index contributed by atoms with van der Waals surface area (Å²) in [5.74, 6) is -0.0337. The minimum absolute atomic E-state index is 0. The van der Waals surface area contributed by atoms with E-state index in [-0.39, 0.29) is 40.7 Å². The van der Waals surface area contributed by atoms with E-state index in [0.29, 0.717) is 0 Å². The molecular formula is C14H25ClN4O4S. The highest BCUT2D eigenvalue weighted by molar-refractivity contribution is 7.89. The zero-order valence-corrected chi connectivity index (χ0v) is 16.0. The lowest BCUT2D eigenvalue weighted by Crippen LogP contribution is -2.51. The summed E-state index contributed by atoms with van der Waals surface area (Å²) in [6.45, 7) is 6.36. The van der Waals surface area contributed by atoms with Crippen LogP contribution in [0.5, 0.6) is 0 Å². The summed E-state index contributed by atoms with van der Waals surface area (Å²) < 4.78 is 32.2. The topological polar surface area (TPSA) is 105 Å². The van der Waals surface area contributed by atoms with E-state index >= 15 is 0 Å². The Morgan fingerprint density at radius 2 is 1.96 bits per heavy atom. The van der Waals surface area contributed by atoms with Gasteiger partial charge in [0.2, 0.25) is 15.9 Å². The fraction of sp³-hybridized carbons (Fsp3) is 0.714. The van der Waals surface area contributed by atoms with Gasteiger partial charge < -0.3 is 14.7 Å². The number of nitrogens with one attached hydrogen (secondary N) is 2. The highest BCUT2D eigenvalue weighted by Crippen LogP contribution is 2.19. The van der Waals surface area contributed by atoms with E-state index in [1.165, 1.54) is 6.92 Å². The third-order valence-electron chi connectivity index (χ3n) is 4.14. The Balaban J connectivity index is 0.00000288. The number of amides is 1. The quantitative estimate of drug-likeness (QED) is 0.774. The summed E-state index contributed by atoms with van der Waals surface area (Å²) in [5.41, 5.74) is 0.279. The molecule has 1 saturated heterocycles. The summed E-state index contributed by atoms with van der Waals surface area (Å²) >= 11 is 0. The van der Waals surface area contributed by atoms with Gasteiger partial charge in [-0.05, 0) is 46.7 Å². The van der Waals surface area contributed by atoms with E-state index in [9.17, 15) is 13.2 Å². The van der Waals surface area contributed by atoms with Crippen LogP contribution in [-0.2, 0) is 14.8 Å². The van der Waals surface area contributed by atoms with Crippen molar-refractivity contribution in [2.24, 2.45) is 0 Å². The predicted octanol–water partition coefficient (Wildman–Crippen LogP) is 0.590. The van der Waals surface area contributed by atoms with Crippen LogP contribution in [-0.4, -0.2) is 56.6 Å². The lowest BCUT2D eigenvalue weighted by atomic mass is 10.0. The number of carbonyl (C=O) groups excluding carboxylic acids is 1. The molecule has 1 amide bonds. The van der Waals surface area contributed by atoms with Crippen LogP contribution >= 0.6 is 12.4 Å². The van der Waals surface area contributed by atoms with Gasteiger partial charge in [-0.3, -0.25) is 4.79 Å². The first-order valence-corrected chi connectivity index (χ1v) is 9.15. The van der Waals surface area contributed by atoms with E-state index in [1.54, 1.807) is 25.8 Å². The van der Waals surface area contributed by atoms with Crippen LogP contribution in [0.15, 0.2) is 9.42 Å². The highest BCUT2D eigenvalue weighted by Gasteiger charge is 2.31. The molecule has 0 aromatic carbocycles. The van der Waals surface area contributed by atoms with Crippen molar-refractivity contribution in [3.8, 4) is 0 Å². The van der Waals surface area contributed by atoms with E-state index < -0.39 is 16.1 Å². The van der Waals surface area contributed by atoms with Crippen molar-refractivity contribution in [3.63, 3.8) is 0 Å². The Labute approximate surface area is 148 Å². The van der Waals surface area contributed by atoms with Gasteiger partial charge in [0.1, 0.15) is 10.6 Å². The summed E-state index contributed by atoms with van der Waals surface area (Å²) in [6.07, 6.45) is 1.73. The van der Waals surface area contributed by atoms with Gasteiger partial charge in [0.05, 0.1) is 6.04 Å². The zero-order valence-electron chi connectivity index (χ0n) is 14.3. The van der Waals surface area contributed by atoms with Crippen LogP contribution in [0, 0.1) is 13.8 Å². The zero-order chi connectivity index (χ0) is 17.2. The Morgan fingerprint density at radius 1 is 1.38 bits per heavy atom. The predicted molar refractivity (Wildman–Crippen MR) is 91.7 cm³/mol. The fourth-order valence-electron chi connectivity index (χ4n) is 2.88. The normalized spacial score (nSPS) is 17.2. The van der Waals surface area contributed by atoms with Crippen LogP contribution in [0.2, 0.25) is 0 Å². The van der Waals surface area contributed by atoms with Crippen molar-refractivity contribution < 1.29 is 17.7 Å². The molecule has 1 unspecified atom stereocenters. The highest BCUT2D eigenvalue weighted by atomic mass is 35.5. The standard InChI is InChI=1S/C14H24N4O4S.ClH/c1-9-13(11(3)22-16-9)23(20,21)17-10(2)14(19)18(4)12-5-7-15-8-6-12;/h10,12,15,17H,5-8H2,1-4H3;1H. The number of aryl methyl sites for hydroxylation is 2. The Kier molecular flexibility index (Phi) is 7.21. The lowest BCUT2D eigenvalue weighted by Gasteiger charge is -2.33. The number of halogens is 1. The van der Waals surface area contributed by atoms with Gasteiger partial charge >= 0.3 is 0 Å². The Bertz CT molecular complexity index is 651. The number of rotatable bonds is 5. The van der Waals surface area contributed by atoms with Crippen molar-refractivity contribution in [1.82, 2.24) is 20.1 Å². The van der Waals surface area contributed by atoms with Gasteiger partial charge in [-0.1, -0.05) is 5.16 Å². The molecule has 2 rings (SSSR count). The molecule has 1 fully saturated rings. The van der Waals surface area contributed by atoms with Gasteiger partial charge in [-0.2, -0.15) is 4.72 Å². The van der Waals surface area contributed by atoms with E-state index in [2.05, 4.69) is 15.2 Å². The lowest BCUT2D eigenvalue weighted by molar-refractivity contribution is -0.133. The van der Waals surface area contributed by atoms with Crippen LogP contribution in [0.4, 0.5) is 0 Å². The van der Waals surface area contributed by atoms with Gasteiger partial charge in [-0.25, -0.2) is 8.42 Å². The van der Waals surface area contributed by atoms with Crippen LogP contribution in [0.25, 0.3) is 0 Å². The molecule has 1 aliphatic rings. The molecule has 1 aromatic heterocycles. The monoisotopic (exact) mass is 380 g/mol. The van der Waals surface area contributed by atoms with Crippen LogP contribution < -0.4 is 10.0 Å². The molecule has 2 N–H and O–H groups in total. The molecular weight excluding hydrogens is 356 g/mol. The Morgan fingerprint density at radius 3 is 2.46 bits per heavy atom. The minimum atomic E-state index is -3.85. The van der Waals surface area contributed by atoms with Crippen LogP contribution in [0.1, 0.15) is 31.2 Å². The fourth-order valence-corrected chi connectivity index (χ4v) is 4.41. The number of carbonyl (C=O) groups is 1. The molecule has 1 atom stereocenters. The summed E-state index contributed by atoms with van der Waals surface area (Å²) in [4.78, 5) is 14.1. The molecule has 0 bridgehead atoms. The number of hydrogen-bond acceptors (Lipinski definition) is 6. The molecule has 10 heteroatoms. The molecule has 0 spiro atoms. The maximum absolute atomic E-state index is 12.5. The van der Waals surface area contributed by atoms with E-state index in [0.717, 1.165) is 25.9 Å². The van der Waals surface area contributed by atoms with Crippen LogP contribution in [0.3, 0.4) is 0 Å². The number of likely N-dealkylation sites (N-methyl/N-ethyl adjacent to an activating group) is 1. The third kappa shape index (κ3) is 4.47. The number of nitrogens with zero attached hydrogens (tertiary/aromatic N) is 2. The largest absolute Gasteiger partial charge is 0.360 e. The van der Waals surface area contributed by atoms with Gasteiger partial charge in [-0.15, -0.1) is 12.4 Å². The smallest absolute Gasteiger partial charge is 0.246 e. The minimum Gasteiger partial charge on any atom is -0.360 e. The SMILES string of the molecule is Cc1noc(C)c1S(=O)(=O)NC(C)C(=O)N(C)C1CCNCC1.Cl. The molecule has 0 aliphatic carbocycles. The van der Waals surface area contributed by atoms with Gasteiger partial charge in [0, 0.05) is 13.1 Å². The summed E-state index contributed by atoms with van der Waals surface area (Å²) in [5, 5.41) is 6.89. The summed E-state index contributed by atoms with van der Waals surface area (Å²) in [7, 11) is -2.13. The maximum Gasteiger partial charge on any atom is 0.246 e. The van der Waals surface area contributed by atoms with Crippen molar-refractivity contribution in [3.05, 3.63) is 11.5 Å². The second kappa shape index (κ2) is 8.28. The summed E-state index contributed by atoms with van der Waals surface area (Å²) in [6, 6.07) is -0.719. The van der Waals surface area contributed by atoms with E-state index in [1.807, 2.05) is 0 Å². The van der Waals surface area contributed by atoms with Gasteiger partial charge in [0.25, 0.3) is 0 Å². The second-order valence-electron chi connectivity index (χ2n) is 5.93. The maximum atomic E-state index is 12.5. The number of piperidine rings is 1. The first-order valence-electron chi connectivity index (χ1n) is 7.66. The van der Waals surface area contributed by atoms with Crippen molar-refractivity contribution in [1.29, 1.82) is 0 Å². The molecule has 1 aromatic rings. The first-order chi connectivity index (χ1) is 10.7.